The fourth-order valence-electron chi connectivity index (χ4n) is 5.36. The van der Waals surface area contributed by atoms with Gasteiger partial charge < -0.3 is 4.74 Å². The molecule has 2 aromatic rings. The molecule has 0 bridgehead atoms. The molecule has 1 aliphatic rings. The Morgan fingerprint density at radius 1 is 0.805 bits per heavy atom. The highest BCUT2D eigenvalue weighted by Gasteiger charge is 2.54. The smallest absolute Gasteiger partial charge is 0.422 e. The number of rotatable bonds is 9. The third-order valence-electron chi connectivity index (χ3n) is 8.22. The number of benzene rings is 2. The van der Waals surface area contributed by atoms with E-state index in [4.69, 9.17) is 0 Å². The molecule has 2 aromatic carbocycles. The summed E-state index contributed by atoms with van der Waals surface area (Å²) in [6.45, 7) is 8.66. The van der Waals surface area contributed by atoms with Gasteiger partial charge in [0.25, 0.3) is 0 Å². The van der Waals surface area contributed by atoms with Gasteiger partial charge in [-0.15, -0.1) is 0 Å². The van der Waals surface area contributed by atoms with Crippen molar-refractivity contribution in [2.24, 2.45) is 17.8 Å². The van der Waals surface area contributed by atoms with E-state index in [9.17, 15) is 26.3 Å². The molecule has 0 aliphatic heterocycles. The standard InChI is InChI=1S/C30H32F10O/c1-7-15(2)8-16-9-19(20(31)10-16)27(3,4)17-11-21(32)25(22(33)12-17)28(5,6)30(39,40)41-18-13-23(34)26(24(35)14-18)29(36,37)38/h10-16,19H,7-9H2,1-6H3. The van der Waals surface area contributed by atoms with Crippen LogP contribution in [0.5, 0.6) is 5.75 Å². The van der Waals surface area contributed by atoms with E-state index in [0.717, 1.165) is 25.0 Å². The van der Waals surface area contributed by atoms with Gasteiger partial charge in [-0.1, -0.05) is 34.1 Å². The lowest BCUT2D eigenvalue weighted by Crippen LogP contribution is -2.46. The highest BCUT2D eigenvalue weighted by atomic mass is 19.4. The summed E-state index contributed by atoms with van der Waals surface area (Å²) in [5.74, 6) is -9.35. The second kappa shape index (κ2) is 11.2. The van der Waals surface area contributed by atoms with Crippen molar-refractivity contribution in [3.8, 4) is 5.75 Å². The van der Waals surface area contributed by atoms with Gasteiger partial charge in [0.2, 0.25) is 0 Å². The zero-order chi connectivity index (χ0) is 31.3. The molecule has 11 heteroatoms. The van der Waals surface area contributed by atoms with Gasteiger partial charge in [0.15, 0.2) is 0 Å². The van der Waals surface area contributed by atoms with Crippen LogP contribution in [-0.4, -0.2) is 6.11 Å². The molecule has 0 N–H and O–H groups in total. The molecule has 41 heavy (non-hydrogen) atoms. The topological polar surface area (TPSA) is 9.23 Å². The van der Waals surface area contributed by atoms with Gasteiger partial charge in [0, 0.05) is 23.6 Å². The minimum Gasteiger partial charge on any atom is -0.432 e. The predicted octanol–water partition coefficient (Wildman–Crippen LogP) is 10.4. The first-order valence-corrected chi connectivity index (χ1v) is 13.1. The summed E-state index contributed by atoms with van der Waals surface area (Å²) in [5, 5.41) is 0. The molecule has 3 unspecified atom stereocenters. The van der Waals surface area contributed by atoms with E-state index in [1.165, 1.54) is 6.08 Å². The van der Waals surface area contributed by atoms with Gasteiger partial charge in [-0.05, 0) is 67.7 Å². The lowest BCUT2D eigenvalue weighted by atomic mass is 9.70. The maximum Gasteiger partial charge on any atom is 0.422 e. The van der Waals surface area contributed by atoms with E-state index in [2.05, 4.69) is 4.74 Å². The fourth-order valence-corrected chi connectivity index (χ4v) is 5.36. The van der Waals surface area contributed by atoms with E-state index in [1.54, 1.807) is 13.8 Å². The van der Waals surface area contributed by atoms with Gasteiger partial charge in [0.05, 0.1) is 5.41 Å². The monoisotopic (exact) mass is 598 g/mol. The molecule has 0 saturated carbocycles. The Labute approximate surface area is 232 Å². The van der Waals surface area contributed by atoms with E-state index in [-0.39, 0.29) is 23.6 Å². The van der Waals surface area contributed by atoms with Crippen molar-refractivity contribution < 1.29 is 48.6 Å². The molecule has 0 aromatic heterocycles. The molecule has 228 valence electrons. The number of halogens is 10. The predicted molar refractivity (Wildman–Crippen MR) is 134 cm³/mol. The van der Waals surface area contributed by atoms with Crippen LogP contribution in [0, 0.1) is 41.0 Å². The third-order valence-corrected chi connectivity index (χ3v) is 8.22. The summed E-state index contributed by atoms with van der Waals surface area (Å²) in [7, 11) is 0. The van der Waals surface area contributed by atoms with Gasteiger partial charge in [0.1, 0.15) is 40.4 Å². The first kappa shape index (κ1) is 32.8. The van der Waals surface area contributed by atoms with Crippen molar-refractivity contribution in [2.45, 2.75) is 83.9 Å². The Kier molecular flexibility index (Phi) is 8.93. The molecule has 0 fully saturated rings. The molecule has 0 heterocycles. The minimum atomic E-state index is -5.44. The number of allylic oxidation sites excluding steroid dienone is 2. The Balaban J connectivity index is 1.93. The van der Waals surface area contributed by atoms with Gasteiger partial charge in [-0.3, -0.25) is 0 Å². The summed E-state index contributed by atoms with van der Waals surface area (Å²) in [6, 6.07) is 1.49. The second-order valence-corrected chi connectivity index (χ2v) is 11.9. The van der Waals surface area contributed by atoms with Crippen molar-refractivity contribution in [1.82, 2.24) is 0 Å². The summed E-state index contributed by atoms with van der Waals surface area (Å²) in [4.78, 5) is 0. The quantitative estimate of drug-likeness (QED) is 0.261. The summed E-state index contributed by atoms with van der Waals surface area (Å²) >= 11 is 0. The molecule has 0 radical (unpaired) electrons. The van der Waals surface area contributed by atoms with Gasteiger partial charge in [-0.25, -0.2) is 22.0 Å². The third kappa shape index (κ3) is 6.38. The van der Waals surface area contributed by atoms with Crippen LogP contribution in [0.1, 0.15) is 77.5 Å². The van der Waals surface area contributed by atoms with E-state index < -0.39 is 75.0 Å². The molecule has 3 rings (SSSR count). The van der Waals surface area contributed by atoms with Crippen LogP contribution in [0.4, 0.5) is 43.9 Å². The lowest BCUT2D eigenvalue weighted by Gasteiger charge is -2.36. The summed E-state index contributed by atoms with van der Waals surface area (Å²) in [6.07, 6.45) is -6.42. The van der Waals surface area contributed by atoms with Crippen LogP contribution in [0.25, 0.3) is 0 Å². The van der Waals surface area contributed by atoms with Crippen molar-refractivity contribution >= 4 is 0 Å². The highest BCUT2D eigenvalue weighted by molar-refractivity contribution is 5.39. The van der Waals surface area contributed by atoms with Crippen LogP contribution < -0.4 is 4.74 Å². The van der Waals surface area contributed by atoms with Crippen molar-refractivity contribution in [2.75, 3.05) is 0 Å². The Hall–Kier alpha value is -2.72. The minimum absolute atomic E-state index is 0.0286. The first-order valence-electron chi connectivity index (χ1n) is 13.1. The van der Waals surface area contributed by atoms with Crippen LogP contribution in [0.15, 0.2) is 36.2 Å². The average molecular weight is 599 g/mol. The van der Waals surface area contributed by atoms with Crippen LogP contribution in [-0.2, 0) is 17.0 Å². The molecular weight excluding hydrogens is 566 g/mol. The molecule has 3 atom stereocenters. The molecular formula is C30H32F10O. The molecule has 0 saturated heterocycles. The number of hydrogen-bond donors (Lipinski definition) is 0. The summed E-state index contributed by atoms with van der Waals surface area (Å²) in [5.41, 5.74) is -7.35. The zero-order valence-corrected chi connectivity index (χ0v) is 23.4. The molecule has 1 nitrogen and oxygen atoms in total. The van der Waals surface area contributed by atoms with Crippen LogP contribution >= 0.6 is 0 Å². The largest absolute Gasteiger partial charge is 0.432 e. The number of alkyl halides is 5. The molecule has 1 aliphatic carbocycles. The fraction of sp³-hybridized carbons (Fsp3) is 0.533. The Morgan fingerprint density at radius 3 is 1.76 bits per heavy atom. The lowest BCUT2D eigenvalue weighted by molar-refractivity contribution is -0.222. The normalized spacial score (nSPS) is 19.4. The number of ether oxygens (including phenoxy) is 1. The van der Waals surface area contributed by atoms with Crippen molar-refractivity contribution in [3.63, 3.8) is 0 Å². The Bertz CT molecular complexity index is 1260. The highest BCUT2D eigenvalue weighted by Crippen LogP contribution is 2.49. The maximum atomic E-state index is 15.4. The SMILES string of the molecule is CCC(C)CC1C=C(F)C(C(C)(C)c2cc(F)c(C(C)(C)C(F)(F)Oc3cc(F)c(C(F)(F)F)c(F)c3)c(F)c2)C1. The maximum absolute atomic E-state index is 15.4. The molecule has 0 spiro atoms. The first-order chi connectivity index (χ1) is 18.6. The van der Waals surface area contributed by atoms with Gasteiger partial charge >= 0.3 is 12.3 Å². The van der Waals surface area contributed by atoms with Crippen molar-refractivity contribution in [3.05, 3.63) is 76.1 Å². The average Bonchev–Trinajstić information content (AvgIpc) is 3.16. The molecule has 0 amide bonds. The Morgan fingerprint density at radius 2 is 1.29 bits per heavy atom. The van der Waals surface area contributed by atoms with E-state index >= 15 is 17.6 Å². The second-order valence-electron chi connectivity index (χ2n) is 11.9. The summed E-state index contributed by atoms with van der Waals surface area (Å²) < 4.78 is 147. The van der Waals surface area contributed by atoms with E-state index in [1.807, 2.05) is 13.8 Å². The van der Waals surface area contributed by atoms with Crippen LogP contribution in [0.3, 0.4) is 0 Å². The number of hydrogen-bond acceptors (Lipinski definition) is 1. The van der Waals surface area contributed by atoms with Crippen molar-refractivity contribution in [1.29, 1.82) is 0 Å². The van der Waals surface area contributed by atoms with Crippen LogP contribution in [0.2, 0.25) is 0 Å². The van der Waals surface area contributed by atoms with Gasteiger partial charge in [-0.2, -0.15) is 22.0 Å². The van der Waals surface area contributed by atoms with E-state index in [0.29, 0.717) is 26.2 Å². The zero-order valence-electron chi connectivity index (χ0n) is 23.4.